The second kappa shape index (κ2) is 7.14. The Morgan fingerprint density at radius 3 is 2.57 bits per heavy atom. The number of aliphatic imine (C=N–C) groups is 1. The molecule has 10 heteroatoms. The first-order valence-corrected chi connectivity index (χ1v) is 7.72. The number of nitro groups is 1. The summed E-state index contributed by atoms with van der Waals surface area (Å²) in [5, 5.41) is 11.0. The number of hydrogen-bond acceptors (Lipinski definition) is 6. The molecule has 0 radical (unpaired) electrons. The number of nitrogens with zero attached hydrogens (tertiary/aromatic N) is 2. The van der Waals surface area contributed by atoms with Gasteiger partial charge in [0.05, 0.1) is 23.2 Å². The van der Waals surface area contributed by atoms with Gasteiger partial charge < -0.3 is 9.47 Å². The van der Waals surface area contributed by atoms with E-state index in [-0.39, 0.29) is 34.2 Å². The first-order chi connectivity index (χ1) is 13.2. The number of rotatable bonds is 4. The molecule has 0 aliphatic carbocycles. The van der Waals surface area contributed by atoms with Crippen LogP contribution in [0.4, 0.5) is 18.9 Å². The molecular weight excluding hydrogens is 381 g/mol. The van der Waals surface area contributed by atoms with E-state index in [1.54, 1.807) is 0 Å². The summed E-state index contributed by atoms with van der Waals surface area (Å²) in [4.78, 5) is 26.3. The zero-order valence-electron chi connectivity index (χ0n) is 14.2. The van der Waals surface area contributed by atoms with E-state index in [0.29, 0.717) is 0 Å². The topological polar surface area (TPSA) is 91.0 Å². The molecule has 144 valence electrons. The van der Waals surface area contributed by atoms with Crippen molar-refractivity contribution in [2.24, 2.45) is 4.99 Å². The molecule has 0 aromatic heterocycles. The number of hydrogen-bond donors (Lipinski definition) is 0. The Hall–Kier alpha value is -3.69. The fourth-order valence-electron chi connectivity index (χ4n) is 2.53. The van der Waals surface area contributed by atoms with Gasteiger partial charge in [0.1, 0.15) is 5.75 Å². The summed E-state index contributed by atoms with van der Waals surface area (Å²) in [7, 11) is 1.30. The highest BCUT2D eigenvalue weighted by atomic mass is 19.4. The lowest BCUT2D eigenvalue weighted by atomic mass is 10.1. The third kappa shape index (κ3) is 3.70. The molecule has 28 heavy (non-hydrogen) atoms. The number of non-ortho nitro benzene ring substituents is 1. The summed E-state index contributed by atoms with van der Waals surface area (Å²) in [6, 6.07) is 8.25. The second-order valence-corrected chi connectivity index (χ2v) is 5.56. The van der Waals surface area contributed by atoms with E-state index in [1.165, 1.54) is 37.4 Å². The molecule has 2 aromatic rings. The Kier molecular flexibility index (Phi) is 4.87. The molecule has 0 bridgehead atoms. The summed E-state index contributed by atoms with van der Waals surface area (Å²) in [5.41, 5.74) is -1.85. The summed E-state index contributed by atoms with van der Waals surface area (Å²) in [6.07, 6.45) is -3.67. The van der Waals surface area contributed by atoms with Crippen LogP contribution in [0.25, 0.3) is 6.08 Å². The van der Waals surface area contributed by atoms with E-state index in [4.69, 9.17) is 9.47 Å². The fourth-order valence-corrected chi connectivity index (χ4v) is 2.53. The third-order valence-electron chi connectivity index (χ3n) is 3.80. The number of halogens is 3. The van der Waals surface area contributed by atoms with Crippen LogP contribution in [0.5, 0.6) is 5.75 Å². The molecule has 0 atom stereocenters. The van der Waals surface area contributed by atoms with E-state index in [1.807, 2.05) is 0 Å². The average Bonchev–Trinajstić information content (AvgIpc) is 3.01. The van der Waals surface area contributed by atoms with Crippen molar-refractivity contribution < 1.29 is 32.4 Å². The van der Waals surface area contributed by atoms with Crippen molar-refractivity contribution in [3.8, 4) is 5.75 Å². The zero-order chi connectivity index (χ0) is 20.5. The molecule has 1 heterocycles. The first kappa shape index (κ1) is 19.1. The summed E-state index contributed by atoms with van der Waals surface area (Å²) in [6.45, 7) is 0. The molecule has 0 saturated carbocycles. The molecule has 3 rings (SSSR count). The van der Waals surface area contributed by atoms with E-state index in [9.17, 15) is 28.1 Å². The van der Waals surface area contributed by atoms with Gasteiger partial charge in [0.2, 0.25) is 5.90 Å². The standard InChI is InChI=1S/C18H11F3N2O5/c1-27-15-7-6-11(23(25)26)9-12(15)16-22-14(17(24)28-16)8-10-4-2-3-5-13(10)18(19,20)21/h2-9H,1H3/b14-8+. The summed E-state index contributed by atoms with van der Waals surface area (Å²) >= 11 is 0. The van der Waals surface area contributed by atoms with Crippen molar-refractivity contribution in [3.63, 3.8) is 0 Å². The maximum absolute atomic E-state index is 13.1. The van der Waals surface area contributed by atoms with Crippen LogP contribution >= 0.6 is 0 Å². The van der Waals surface area contributed by atoms with Gasteiger partial charge in [0.25, 0.3) is 5.69 Å². The largest absolute Gasteiger partial charge is 0.496 e. The number of carbonyl (C=O) groups excluding carboxylic acids is 1. The number of cyclic esters (lactones) is 1. The summed E-state index contributed by atoms with van der Waals surface area (Å²) < 4.78 is 49.4. The van der Waals surface area contributed by atoms with E-state index < -0.39 is 22.6 Å². The monoisotopic (exact) mass is 392 g/mol. The van der Waals surface area contributed by atoms with E-state index >= 15 is 0 Å². The van der Waals surface area contributed by atoms with Crippen molar-refractivity contribution in [1.29, 1.82) is 0 Å². The van der Waals surface area contributed by atoms with Gasteiger partial charge >= 0.3 is 12.1 Å². The Morgan fingerprint density at radius 2 is 1.93 bits per heavy atom. The molecule has 0 spiro atoms. The van der Waals surface area contributed by atoms with E-state index in [2.05, 4.69) is 4.99 Å². The quantitative estimate of drug-likeness (QED) is 0.340. The predicted octanol–water partition coefficient (Wildman–Crippen LogP) is 3.97. The first-order valence-electron chi connectivity index (χ1n) is 7.72. The highest BCUT2D eigenvalue weighted by Gasteiger charge is 2.34. The lowest BCUT2D eigenvalue weighted by Gasteiger charge is -2.09. The summed E-state index contributed by atoms with van der Waals surface area (Å²) in [5.74, 6) is -1.14. The van der Waals surface area contributed by atoms with Crippen molar-refractivity contribution in [2.75, 3.05) is 7.11 Å². The fraction of sp³-hybridized carbons (Fsp3) is 0.111. The SMILES string of the molecule is COc1ccc([N+](=O)[O-])cc1C1=N/C(=C/c2ccccc2C(F)(F)F)C(=O)O1. The maximum Gasteiger partial charge on any atom is 0.416 e. The van der Waals surface area contributed by atoms with Gasteiger partial charge in [0.15, 0.2) is 5.70 Å². The molecule has 0 unspecified atom stereocenters. The van der Waals surface area contributed by atoms with Gasteiger partial charge in [-0.05, 0) is 23.8 Å². The number of nitro benzene ring substituents is 1. The van der Waals surface area contributed by atoms with Crippen LogP contribution in [0, 0.1) is 10.1 Å². The van der Waals surface area contributed by atoms with Gasteiger partial charge in [-0.1, -0.05) is 18.2 Å². The van der Waals surface area contributed by atoms with Crippen molar-refractivity contribution in [2.45, 2.75) is 6.18 Å². The number of methoxy groups -OCH3 is 1. The number of alkyl halides is 3. The lowest BCUT2D eigenvalue weighted by molar-refractivity contribution is -0.384. The molecule has 0 N–H and O–H groups in total. The molecule has 0 saturated heterocycles. The molecule has 1 aliphatic rings. The highest BCUT2D eigenvalue weighted by Crippen LogP contribution is 2.34. The average molecular weight is 392 g/mol. The van der Waals surface area contributed by atoms with Crippen LogP contribution in [0.3, 0.4) is 0 Å². The predicted molar refractivity (Wildman–Crippen MR) is 91.7 cm³/mol. The Labute approximate surface area is 155 Å². The number of benzene rings is 2. The third-order valence-corrected chi connectivity index (χ3v) is 3.80. The molecule has 2 aromatic carbocycles. The van der Waals surface area contributed by atoms with Crippen LogP contribution < -0.4 is 4.74 Å². The minimum absolute atomic E-state index is 0.0255. The molecule has 0 amide bonds. The Balaban J connectivity index is 2.07. The van der Waals surface area contributed by atoms with Gasteiger partial charge in [0, 0.05) is 12.1 Å². The van der Waals surface area contributed by atoms with Crippen molar-refractivity contribution >= 4 is 23.6 Å². The Morgan fingerprint density at radius 1 is 1.21 bits per heavy atom. The Bertz CT molecular complexity index is 1030. The smallest absolute Gasteiger partial charge is 0.416 e. The van der Waals surface area contributed by atoms with Crippen LogP contribution in [-0.2, 0) is 15.7 Å². The number of ether oxygens (including phenoxy) is 2. The zero-order valence-corrected chi connectivity index (χ0v) is 14.2. The number of carbonyl (C=O) groups is 1. The van der Waals surface area contributed by atoms with Gasteiger partial charge in [-0.3, -0.25) is 10.1 Å². The van der Waals surface area contributed by atoms with Gasteiger partial charge in [-0.2, -0.15) is 13.2 Å². The normalized spacial score (nSPS) is 15.4. The van der Waals surface area contributed by atoms with Crippen LogP contribution in [0.15, 0.2) is 53.2 Å². The lowest BCUT2D eigenvalue weighted by Crippen LogP contribution is -2.08. The second-order valence-electron chi connectivity index (χ2n) is 5.56. The highest BCUT2D eigenvalue weighted by molar-refractivity contribution is 6.14. The number of esters is 1. The molecule has 1 aliphatic heterocycles. The van der Waals surface area contributed by atoms with Gasteiger partial charge in [-0.15, -0.1) is 0 Å². The van der Waals surface area contributed by atoms with E-state index in [0.717, 1.165) is 18.2 Å². The van der Waals surface area contributed by atoms with Crippen molar-refractivity contribution in [1.82, 2.24) is 0 Å². The molecule has 0 fully saturated rings. The van der Waals surface area contributed by atoms with Crippen molar-refractivity contribution in [3.05, 3.63) is 75.0 Å². The molecule has 7 nitrogen and oxygen atoms in total. The van der Waals surface area contributed by atoms with Gasteiger partial charge in [-0.25, -0.2) is 9.79 Å². The minimum atomic E-state index is -4.62. The maximum atomic E-state index is 13.1. The molecular formula is C18H11F3N2O5. The minimum Gasteiger partial charge on any atom is -0.496 e. The van der Waals surface area contributed by atoms with Crippen LogP contribution in [0.1, 0.15) is 16.7 Å². The van der Waals surface area contributed by atoms with Crippen LogP contribution in [-0.4, -0.2) is 23.9 Å². The van der Waals surface area contributed by atoms with Crippen LogP contribution in [0.2, 0.25) is 0 Å².